The first-order chi connectivity index (χ1) is 28.9. The van der Waals surface area contributed by atoms with E-state index in [2.05, 4.69) is 38.2 Å². The summed E-state index contributed by atoms with van der Waals surface area (Å²) in [5.74, 6) is -3.70. The molecule has 2 atom stereocenters. The Morgan fingerprint density at radius 3 is 0.902 bits per heavy atom. The Kier molecular flexibility index (Phi) is 67.0. The van der Waals surface area contributed by atoms with Crippen LogP contribution in [0, 0.1) is 0 Å². The summed E-state index contributed by atoms with van der Waals surface area (Å²) in [6.45, 7) is 5.68. The van der Waals surface area contributed by atoms with Crippen molar-refractivity contribution >= 4 is 46.9 Å². The minimum atomic E-state index is -1.18. The van der Waals surface area contributed by atoms with Crippen molar-refractivity contribution in [2.24, 2.45) is 22.9 Å². The molecule has 12 nitrogen and oxygen atoms in total. The van der Waals surface area contributed by atoms with Crippen molar-refractivity contribution in [3.05, 3.63) is 24.3 Å². The Bertz CT molecular complexity index is 911. The SMILES string of the molecule is CCCCCCCC/C=C\CCCCCCCC(=O)O.CCCCCCCC/C=C\CCCCCCCC(=O)O.NCCCC[C@H](N)C(=O)[O-].NCCCC[C@H](N)C(=O)[O-].[Mg+2]. The molecule has 0 bridgehead atoms. The summed E-state index contributed by atoms with van der Waals surface area (Å²) in [6.07, 6.45) is 46.5. The number of hydrogen-bond donors (Lipinski definition) is 6. The van der Waals surface area contributed by atoms with Gasteiger partial charge in [-0.15, -0.1) is 0 Å². The predicted molar refractivity (Wildman–Crippen MR) is 252 cm³/mol. The first-order valence-electron chi connectivity index (χ1n) is 24.0. The number of aliphatic carboxylic acids is 4. The minimum absolute atomic E-state index is 0. The summed E-state index contributed by atoms with van der Waals surface area (Å²) in [5.41, 5.74) is 20.7. The summed E-state index contributed by atoms with van der Waals surface area (Å²) in [7, 11) is 0. The molecule has 0 unspecified atom stereocenters. The second-order valence-corrected chi connectivity index (χ2v) is 15.9. The molecule has 61 heavy (non-hydrogen) atoms. The molecule has 0 amide bonds. The molecule has 0 aromatic carbocycles. The second-order valence-electron chi connectivity index (χ2n) is 15.9. The van der Waals surface area contributed by atoms with E-state index in [0.717, 1.165) is 51.4 Å². The molecule has 0 saturated carbocycles. The quantitative estimate of drug-likeness (QED) is 0.0193. The molecule has 0 aliphatic heterocycles. The number of carboxylic acids is 4. The number of carboxylic acid groups (broad SMARTS) is 4. The van der Waals surface area contributed by atoms with E-state index >= 15 is 0 Å². The maximum Gasteiger partial charge on any atom is 2.00 e. The molecule has 0 spiro atoms. The number of nitrogens with two attached hydrogens (primary N) is 4. The molecule has 0 aromatic rings. The van der Waals surface area contributed by atoms with Gasteiger partial charge in [0.2, 0.25) is 0 Å². The number of carbonyl (C=O) groups excluding carboxylic acids is 2. The van der Waals surface area contributed by atoms with Crippen molar-refractivity contribution in [2.45, 2.75) is 244 Å². The summed E-state index contributed by atoms with van der Waals surface area (Å²) in [6, 6.07) is -1.65. The zero-order chi connectivity index (χ0) is 45.7. The van der Waals surface area contributed by atoms with E-state index in [0.29, 0.717) is 38.8 Å². The van der Waals surface area contributed by atoms with Crippen molar-refractivity contribution in [1.29, 1.82) is 0 Å². The van der Waals surface area contributed by atoms with Crippen LogP contribution in [0.1, 0.15) is 232 Å². The third kappa shape index (κ3) is 72.7. The van der Waals surface area contributed by atoms with Gasteiger partial charge >= 0.3 is 35.0 Å². The molecule has 0 aliphatic carbocycles. The largest absolute Gasteiger partial charge is 2.00 e. The zero-order valence-electron chi connectivity index (χ0n) is 39.3. The Balaban J connectivity index is -0.000000239. The fourth-order valence-electron chi connectivity index (χ4n) is 5.95. The van der Waals surface area contributed by atoms with Crippen molar-refractivity contribution in [1.82, 2.24) is 0 Å². The van der Waals surface area contributed by atoms with Crippen LogP contribution < -0.4 is 33.1 Å². The van der Waals surface area contributed by atoms with Gasteiger partial charge in [0.25, 0.3) is 0 Å². The normalized spacial score (nSPS) is 11.6. The standard InChI is InChI=1S/2C18H34O2.2C6H14N2O2.Mg/c2*1-2-3-4-5-6-7-8-9-10-11-12-13-14-15-16-17-18(19)20;2*7-4-2-1-3-5(8)6(9)10;/h2*9-10H,2-8,11-17H2,1H3,(H,19,20);2*5H,1-4,7-8H2,(H,9,10);/q;;;;+2/p-2/b2*10-9-;;;/t;;2*5-;/m..00./s1. The van der Waals surface area contributed by atoms with Crippen LogP contribution in [-0.2, 0) is 19.2 Å². The first-order valence-corrected chi connectivity index (χ1v) is 24.0. The van der Waals surface area contributed by atoms with E-state index in [1.54, 1.807) is 0 Å². The second kappa shape index (κ2) is 60.1. The third-order valence-corrected chi connectivity index (χ3v) is 9.85. The molecular weight excluding hydrogens is 785 g/mol. The predicted octanol–water partition coefficient (Wildman–Crippen LogP) is 8.22. The summed E-state index contributed by atoms with van der Waals surface area (Å²) < 4.78 is 0. The van der Waals surface area contributed by atoms with Crippen molar-refractivity contribution in [3.63, 3.8) is 0 Å². The van der Waals surface area contributed by atoms with Crippen LogP contribution in [0.25, 0.3) is 0 Å². The molecule has 0 radical (unpaired) electrons. The van der Waals surface area contributed by atoms with Gasteiger partial charge in [0, 0.05) is 24.9 Å². The topological polar surface area (TPSA) is 259 Å². The van der Waals surface area contributed by atoms with Gasteiger partial charge in [0.05, 0.1) is 11.9 Å². The molecule has 356 valence electrons. The Morgan fingerprint density at radius 1 is 0.426 bits per heavy atom. The summed E-state index contributed by atoms with van der Waals surface area (Å²) in [4.78, 5) is 40.7. The van der Waals surface area contributed by atoms with E-state index in [1.165, 1.54) is 141 Å². The number of rotatable bonds is 40. The smallest absolute Gasteiger partial charge is 0.548 e. The number of hydrogen-bond acceptors (Lipinski definition) is 10. The molecule has 13 heteroatoms. The average Bonchev–Trinajstić information content (AvgIpc) is 3.21. The fourth-order valence-corrected chi connectivity index (χ4v) is 5.95. The zero-order valence-corrected chi connectivity index (χ0v) is 40.7. The Hall–Kier alpha value is -2.03. The van der Waals surface area contributed by atoms with Crippen LogP contribution in [0.4, 0.5) is 0 Å². The van der Waals surface area contributed by atoms with Gasteiger partial charge < -0.3 is 52.9 Å². The number of carbonyl (C=O) groups is 4. The molecule has 0 aromatic heterocycles. The van der Waals surface area contributed by atoms with E-state index in [4.69, 9.17) is 33.1 Å². The molecule has 10 N–H and O–H groups in total. The van der Waals surface area contributed by atoms with Gasteiger partial charge in [0.15, 0.2) is 0 Å². The van der Waals surface area contributed by atoms with Crippen LogP contribution in [0.3, 0.4) is 0 Å². The number of allylic oxidation sites excluding steroid dienone is 4. The van der Waals surface area contributed by atoms with Crippen molar-refractivity contribution in [2.75, 3.05) is 13.1 Å². The van der Waals surface area contributed by atoms with Crippen LogP contribution in [0.5, 0.6) is 0 Å². The maximum absolute atomic E-state index is 10.3. The van der Waals surface area contributed by atoms with Crippen molar-refractivity contribution in [3.8, 4) is 0 Å². The molecule has 0 heterocycles. The Morgan fingerprint density at radius 2 is 0.672 bits per heavy atom. The summed E-state index contributed by atoms with van der Waals surface area (Å²) >= 11 is 0. The van der Waals surface area contributed by atoms with Crippen LogP contribution in [0.2, 0.25) is 0 Å². The Labute approximate surface area is 389 Å². The maximum atomic E-state index is 10.3. The van der Waals surface area contributed by atoms with E-state index in [9.17, 15) is 29.4 Å². The van der Waals surface area contributed by atoms with E-state index in [-0.39, 0.29) is 23.1 Å². The van der Waals surface area contributed by atoms with Crippen LogP contribution >= 0.6 is 0 Å². The van der Waals surface area contributed by atoms with E-state index in [1.807, 2.05) is 0 Å². The molecular formula is C48H94MgN4O8. The molecule has 0 aliphatic rings. The molecule has 0 rings (SSSR count). The van der Waals surface area contributed by atoms with Gasteiger partial charge in [-0.3, -0.25) is 9.59 Å². The molecule has 0 saturated heterocycles. The van der Waals surface area contributed by atoms with E-state index < -0.39 is 36.0 Å². The summed E-state index contributed by atoms with van der Waals surface area (Å²) in [5, 5.41) is 37.1. The van der Waals surface area contributed by atoms with Crippen LogP contribution in [-0.4, -0.2) is 82.3 Å². The van der Waals surface area contributed by atoms with Gasteiger partial charge in [0.1, 0.15) is 0 Å². The fraction of sp³-hybridized carbons (Fsp3) is 0.833. The average molecular weight is 880 g/mol. The van der Waals surface area contributed by atoms with Crippen molar-refractivity contribution < 1.29 is 39.6 Å². The van der Waals surface area contributed by atoms with Gasteiger partial charge in [-0.2, -0.15) is 0 Å². The van der Waals surface area contributed by atoms with Crippen LogP contribution in [0.15, 0.2) is 24.3 Å². The van der Waals surface area contributed by atoms with Gasteiger partial charge in [-0.1, -0.05) is 154 Å². The number of unbranched alkanes of at least 4 members (excludes halogenated alkanes) is 24. The molecule has 0 fully saturated rings. The third-order valence-electron chi connectivity index (χ3n) is 9.85. The monoisotopic (exact) mass is 879 g/mol. The first kappa shape index (κ1) is 68.0. The van der Waals surface area contributed by atoms with Gasteiger partial charge in [-0.05, 0) is 103 Å². The minimum Gasteiger partial charge on any atom is -0.548 e. The van der Waals surface area contributed by atoms with Gasteiger partial charge in [-0.25, -0.2) is 0 Å².